The SMILES string of the molecule is N#Cc1ccnc(C(=O)N2C[C@@H](O)C[C@@H]2c2ccc(F)c(F)c2)c1. The van der Waals surface area contributed by atoms with Crippen molar-refractivity contribution in [2.24, 2.45) is 0 Å². The molecule has 1 aromatic carbocycles. The molecule has 2 heterocycles. The lowest BCUT2D eigenvalue weighted by Crippen LogP contribution is -2.32. The van der Waals surface area contributed by atoms with E-state index in [0.717, 1.165) is 12.1 Å². The number of carbonyl (C=O) groups excluding carboxylic acids is 1. The van der Waals surface area contributed by atoms with Crippen molar-refractivity contribution in [3.63, 3.8) is 0 Å². The van der Waals surface area contributed by atoms with Crippen LogP contribution >= 0.6 is 0 Å². The molecular formula is C17H13F2N3O2. The molecule has 0 aliphatic carbocycles. The highest BCUT2D eigenvalue weighted by Crippen LogP contribution is 2.33. The first kappa shape index (κ1) is 16.0. The lowest BCUT2D eigenvalue weighted by atomic mass is 10.0. The number of halogens is 2. The number of amides is 1. The number of carbonyl (C=O) groups is 1. The number of hydrogen-bond donors (Lipinski definition) is 1. The van der Waals surface area contributed by atoms with Gasteiger partial charge < -0.3 is 10.0 Å². The predicted octanol–water partition coefficient (Wildman–Crippen LogP) is 2.18. The van der Waals surface area contributed by atoms with Gasteiger partial charge in [-0.25, -0.2) is 8.78 Å². The maximum Gasteiger partial charge on any atom is 0.273 e. The van der Waals surface area contributed by atoms with Crippen LogP contribution < -0.4 is 0 Å². The maximum absolute atomic E-state index is 13.5. The van der Waals surface area contributed by atoms with E-state index in [1.165, 1.54) is 29.3 Å². The second kappa shape index (κ2) is 6.34. The predicted molar refractivity (Wildman–Crippen MR) is 79.7 cm³/mol. The van der Waals surface area contributed by atoms with Gasteiger partial charge in [0.1, 0.15) is 5.69 Å². The summed E-state index contributed by atoms with van der Waals surface area (Å²) in [4.78, 5) is 18.0. The van der Waals surface area contributed by atoms with E-state index in [1.807, 2.05) is 6.07 Å². The minimum atomic E-state index is -1.01. The van der Waals surface area contributed by atoms with Gasteiger partial charge in [-0.2, -0.15) is 5.26 Å². The maximum atomic E-state index is 13.5. The Morgan fingerprint density at radius 1 is 1.29 bits per heavy atom. The summed E-state index contributed by atoms with van der Waals surface area (Å²) in [6.45, 7) is 0.0565. The molecule has 1 amide bonds. The number of rotatable bonds is 2. The third kappa shape index (κ3) is 2.96. The first-order chi connectivity index (χ1) is 11.5. The summed E-state index contributed by atoms with van der Waals surface area (Å²) in [7, 11) is 0. The van der Waals surface area contributed by atoms with Gasteiger partial charge in [-0.3, -0.25) is 9.78 Å². The third-order valence-electron chi connectivity index (χ3n) is 3.98. The summed E-state index contributed by atoms with van der Waals surface area (Å²) in [5.41, 5.74) is 0.753. The van der Waals surface area contributed by atoms with Crippen molar-refractivity contribution >= 4 is 5.91 Å². The van der Waals surface area contributed by atoms with Gasteiger partial charge in [0.15, 0.2) is 11.6 Å². The molecule has 24 heavy (non-hydrogen) atoms. The monoisotopic (exact) mass is 329 g/mol. The zero-order valence-corrected chi connectivity index (χ0v) is 12.5. The lowest BCUT2D eigenvalue weighted by Gasteiger charge is -2.24. The van der Waals surface area contributed by atoms with E-state index < -0.39 is 29.7 Å². The average Bonchev–Trinajstić information content (AvgIpc) is 2.98. The molecule has 0 saturated carbocycles. The Balaban J connectivity index is 1.93. The molecule has 2 atom stereocenters. The van der Waals surface area contributed by atoms with Crippen molar-refractivity contribution in [1.29, 1.82) is 5.26 Å². The van der Waals surface area contributed by atoms with Crippen molar-refractivity contribution < 1.29 is 18.7 Å². The van der Waals surface area contributed by atoms with Crippen molar-refractivity contribution in [2.45, 2.75) is 18.6 Å². The molecule has 1 aliphatic rings. The van der Waals surface area contributed by atoms with Crippen LogP contribution in [0, 0.1) is 23.0 Å². The Labute approximate surface area is 136 Å². The Bertz CT molecular complexity index is 835. The number of aliphatic hydroxyl groups is 1. The van der Waals surface area contributed by atoms with Crippen LogP contribution in [0.3, 0.4) is 0 Å². The number of hydrogen-bond acceptors (Lipinski definition) is 4. The minimum Gasteiger partial charge on any atom is -0.391 e. The fraction of sp³-hybridized carbons (Fsp3) is 0.235. The topological polar surface area (TPSA) is 77.2 Å². The first-order valence-electron chi connectivity index (χ1n) is 7.29. The van der Waals surface area contributed by atoms with Crippen LogP contribution in [-0.2, 0) is 0 Å². The Hall–Kier alpha value is -2.85. The number of aliphatic hydroxyl groups excluding tert-OH is 1. The fourth-order valence-corrected chi connectivity index (χ4v) is 2.84. The molecule has 1 aromatic heterocycles. The number of pyridine rings is 1. The van der Waals surface area contributed by atoms with Crippen molar-refractivity contribution in [3.8, 4) is 6.07 Å². The molecule has 0 unspecified atom stereocenters. The molecule has 1 N–H and O–H groups in total. The number of benzene rings is 1. The number of likely N-dealkylation sites (tertiary alicyclic amines) is 1. The largest absolute Gasteiger partial charge is 0.391 e. The van der Waals surface area contributed by atoms with Crippen molar-refractivity contribution in [3.05, 3.63) is 65.0 Å². The number of nitrogens with zero attached hydrogens (tertiary/aromatic N) is 3. The minimum absolute atomic E-state index is 0.0565. The fourth-order valence-electron chi connectivity index (χ4n) is 2.84. The number of β-amino-alcohol motifs (C(OH)–C–C–N with tert-alkyl or cyclic N) is 1. The molecule has 122 valence electrons. The lowest BCUT2D eigenvalue weighted by molar-refractivity contribution is 0.0709. The van der Waals surface area contributed by atoms with E-state index in [0.29, 0.717) is 5.56 Å². The second-order valence-electron chi connectivity index (χ2n) is 5.58. The highest BCUT2D eigenvalue weighted by molar-refractivity contribution is 5.93. The molecule has 0 radical (unpaired) electrons. The standard InChI is InChI=1S/C17H13F2N3O2/c18-13-2-1-11(6-14(13)19)16-7-12(23)9-22(16)17(24)15-5-10(8-20)3-4-21-15/h1-6,12,16,23H,7,9H2/t12-,16+/m0/s1. The molecule has 1 fully saturated rings. The van der Waals surface area contributed by atoms with Gasteiger partial charge in [0.2, 0.25) is 0 Å². The summed E-state index contributed by atoms with van der Waals surface area (Å²) in [5, 5.41) is 18.8. The van der Waals surface area contributed by atoms with Gasteiger partial charge in [0.25, 0.3) is 5.91 Å². The molecule has 0 bridgehead atoms. The zero-order valence-electron chi connectivity index (χ0n) is 12.5. The molecule has 5 nitrogen and oxygen atoms in total. The highest BCUT2D eigenvalue weighted by Gasteiger charge is 2.36. The molecule has 0 spiro atoms. The van der Waals surface area contributed by atoms with E-state index in [-0.39, 0.29) is 24.2 Å². The molecule has 1 saturated heterocycles. The second-order valence-corrected chi connectivity index (χ2v) is 5.58. The van der Waals surface area contributed by atoms with Crippen LogP contribution in [0.1, 0.15) is 34.1 Å². The highest BCUT2D eigenvalue weighted by atomic mass is 19.2. The number of aromatic nitrogens is 1. The Morgan fingerprint density at radius 2 is 2.08 bits per heavy atom. The van der Waals surface area contributed by atoms with Gasteiger partial charge in [-0.15, -0.1) is 0 Å². The van der Waals surface area contributed by atoms with Crippen LogP contribution in [0.25, 0.3) is 0 Å². The normalized spacial score (nSPS) is 20.0. The van der Waals surface area contributed by atoms with Gasteiger partial charge >= 0.3 is 0 Å². The first-order valence-corrected chi connectivity index (χ1v) is 7.29. The zero-order chi connectivity index (χ0) is 17.3. The van der Waals surface area contributed by atoms with Gasteiger partial charge in [0, 0.05) is 12.7 Å². The molecule has 1 aliphatic heterocycles. The van der Waals surface area contributed by atoms with E-state index >= 15 is 0 Å². The molecule has 7 heteroatoms. The van der Waals surface area contributed by atoms with Crippen LogP contribution in [0.15, 0.2) is 36.5 Å². The van der Waals surface area contributed by atoms with Crippen molar-refractivity contribution in [2.75, 3.05) is 6.54 Å². The molecule has 3 rings (SSSR count). The van der Waals surface area contributed by atoms with E-state index in [2.05, 4.69) is 4.98 Å². The van der Waals surface area contributed by atoms with E-state index in [1.54, 1.807) is 0 Å². The van der Waals surface area contributed by atoms with Crippen LogP contribution in [0.4, 0.5) is 8.78 Å². The quantitative estimate of drug-likeness (QED) is 0.916. The van der Waals surface area contributed by atoms with Gasteiger partial charge in [-0.05, 0) is 36.2 Å². The third-order valence-corrected chi connectivity index (χ3v) is 3.98. The molecule has 2 aromatic rings. The van der Waals surface area contributed by atoms with Crippen LogP contribution in [-0.4, -0.2) is 33.5 Å². The summed E-state index contributed by atoms with van der Waals surface area (Å²) in [6, 6.07) is 7.58. The average molecular weight is 329 g/mol. The van der Waals surface area contributed by atoms with Crippen LogP contribution in [0.5, 0.6) is 0 Å². The number of nitriles is 1. The summed E-state index contributed by atoms with van der Waals surface area (Å²) < 4.78 is 26.6. The van der Waals surface area contributed by atoms with E-state index in [9.17, 15) is 18.7 Å². The molecular weight excluding hydrogens is 316 g/mol. The van der Waals surface area contributed by atoms with Crippen molar-refractivity contribution in [1.82, 2.24) is 9.88 Å². The Morgan fingerprint density at radius 3 is 2.79 bits per heavy atom. The summed E-state index contributed by atoms with van der Waals surface area (Å²) in [5.74, 6) is -2.46. The van der Waals surface area contributed by atoms with E-state index in [4.69, 9.17) is 5.26 Å². The van der Waals surface area contributed by atoms with Gasteiger partial charge in [-0.1, -0.05) is 6.07 Å². The summed E-state index contributed by atoms with van der Waals surface area (Å²) >= 11 is 0. The summed E-state index contributed by atoms with van der Waals surface area (Å²) in [6.07, 6.45) is 0.797. The smallest absolute Gasteiger partial charge is 0.273 e. The van der Waals surface area contributed by atoms with Crippen LogP contribution in [0.2, 0.25) is 0 Å². The van der Waals surface area contributed by atoms with Gasteiger partial charge in [0.05, 0.1) is 23.8 Å². The Kier molecular flexibility index (Phi) is 4.23.